The first-order chi connectivity index (χ1) is 8.50. The molecule has 1 unspecified atom stereocenters. The number of aromatic nitrogens is 2. The molecule has 7 heteroatoms. The second kappa shape index (κ2) is 6.63. The van der Waals surface area contributed by atoms with Gasteiger partial charge in [0.2, 0.25) is 0 Å². The van der Waals surface area contributed by atoms with Gasteiger partial charge in [0.15, 0.2) is 5.82 Å². The van der Waals surface area contributed by atoms with Crippen molar-refractivity contribution in [2.45, 2.75) is 26.2 Å². The number of nitrogens with two attached hydrogens (primary N) is 1. The number of carbonyl (C=O) groups is 1. The van der Waals surface area contributed by atoms with E-state index in [1.807, 2.05) is 6.92 Å². The maximum Gasteiger partial charge on any atom is 0.303 e. The van der Waals surface area contributed by atoms with Crippen LogP contribution in [0.5, 0.6) is 0 Å². The first kappa shape index (κ1) is 14.0. The lowest BCUT2D eigenvalue weighted by Crippen LogP contribution is -2.17. The van der Waals surface area contributed by atoms with Crippen LogP contribution in [0.25, 0.3) is 0 Å². The van der Waals surface area contributed by atoms with Gasteiger partial charge in [-0.15, -0.1) is 0 Å². The van der Waals surface area contributed by atoms with Crippen LogP contribution in [0.1, 0.15) is 26.2 Å². The molecular weight excluding hydrogens is 236 g/mol. The molecule has 1 aromatic heterocycles. The number of nitrogen functional groups attached to an aromatic ring is 1. The van der Waals surface area contributed by atoms with Gasteiger partial charge >= 0.3 is 5.97 Å². The van der Waals surface area contributed by atoms with Crippen molar-refractivity contribution in [1.29, 1.82) is 0 Å². The Kier molecular flexibility index (Phi) is 5.16. The maximum absolute atomic E-state index is 11.2. The average Bonchev–Trinajstić information content (AvgIpc) is 2.32. The van der Waals surface area contributed by atoms with Crippen molar-refractivity contribution >= 4 is 17.5 Å². The average molecular weight is 254 g/mol. The molecule has 1 rings (SSSR count). The lowest BCUT2D eigenvalue weighted by molar-refractivity contribution is -0.137. The van der Waals surface area contributed by atoms with Crippen LogP contribution in [0.4, 0.5) is 11.5 Å². The van der Waals surface area contributed by atoms with Crippen molar-refractivity contribution in [3.05, 3.63) is 16.7 Å². The molecule has 0 aromatic carbocycles. The smallest absolute Gasteiger partial charge is 0.303 e. The molecule has 0 radical (unpaired) electrons. The molecule has 5 N–H and O–H groups in total. The number of carboxylic acids is 1. The van der Waals surface area contributed by atoms with E-state index < -0.39 is 5.97 Å². The van der Waals surface area contributed by atoms with Crippen molar-refractivity contribution in [3.8, 4) is 0 Å². The topological polar surface area (TPSA) is 121 Å². The minimum atomic E-state index is -0.782. The number of hydrogen-bond donors (Lipinski definition) is 4. The largest absolute Gasteiger partial charge is 0.481 e. The molecule has 0 fully saturated rings. The third-order valence-electron chi connectivity index (χ3n) is 2.67. The summed E-state index contributed by atoms with van der Waals surface area (Å²) in [6.45, 7) is 2.58. The van der Waals surface area contributed by atoms with Crippen molar-refractivity contribution in [2.75, 3.05) is 17.6 Å². The molecule has 0 saturated heterocycles. The van der Waals surface area contributed by atoms with E-state index >= 15 is 0 Å². The number of carboxylic acid groups (broad SMARTS) is 1. The maximum atomic E-state index is 11.2. The summed E-state index contributed by atoms with van der Waals surface area (Å²) >= 11 is 0. The Labute approximate surface area is 104 Å². The Bertz CT molecular complexity index is 458. The van der Waals surface area contributed by atoms with Gasteiger partial charge in [-0.3, -0.25) is 9.59 Å². The number of anilines is 2. The highest BCUT2D eigenvalue weighted by molar-refractivity contribution is 5.66. The van der Waals surface area contributed by atoms with Gasteiger partial charge in [0.25, 0.3) is 5.56 Å². The molecule has 100 valence electrons. The first-order valence-corrected chi connectivity index (χ1v) is 5.79. The number of nitrogens with one attached hydrogen (secondary N) is 2. The van der Waals surface area contributed by atoms with Crippen LogP contribution >= 0.6 is 0 Å². The van der Waals surface area contributed by atoms with E-state index in [4.69, 9.17) is 10.8 Å². The number of aliphatic carboxylic acids is 1. The quantitative estimate of drug-likeness (QED) is 0.567. The normalized spacial score (nSPS) is 12.1. The Hall–Kier alpha value is -2.05. The van der Waals surface area contributed by atoms with Gasteiger partial charge in [0.05, 0.1) is 6.33 Å². The Morgan fingerprint density at radius 1 is 1.61 bits per heavy atom. The van der Waals surface area contributed by atoms with Gasteiger partial charge in [0, 0.05) is 13.0 Å². The van der Waals surface area contributed by atoms with Crippen molar-refractivity contribution in [2.24, 2.45) is 5.92 Å². The zero-order valence-corrected chi connectivity index (χ0v) is 10.3. The molecule has 7 nitrogen and oxygen atoms in total. The van der Waals surface area contributed by atoms with Crippen LogP contribution in [-0.2, 0) is 4.79 Å². The van der Waals surface area contributed by atoms with E-state index in [0.717, 1.165) is 6.42 Å². The van der Waals surface area contributed by atoms with Crippen molar-refractivity contribution < 1.29 is 9.90 Å². The number of nitrogens with zero attached hydrogens (tertiary/aromatic N) is 1. The zero-order valence-electron chi connectivity index (χ0n) is 10.3. The number of rotatable bonds is 7. The fraction of sp³-hybridized carbons (Fsp3) is 0.545. The van der Waals surface area contributed by atoms with Crippen LogP contribution in [0.2, 0.25) is 0 Å². The minimum Gasteiger partial charge on any atom is -0.481 e. The number of H-pyrrole nitrogens is 1. The van der Waals surface area contributed by atoms with Crippen molar-refractivity contribution in [3.63, 3.8) is 0 Å². The van der Waals surface area contributed by atoms with E-state index in [2.05, 4.69) is 15.3 Å². The summed E-state index contributed by atoms with van der Waals surface area (Å²) in [6, 6.07) is 0. The van der Waals surface area contributed by atoms with Crippen LogP contribution in [0.15, 0.2) is 11.1 Å². The minimum absolute atomic E-state index is 0.0655. The Morgan fingerprint density at radius 2 is 2.33 bits per heavy atom. The number of hydrogen-bond acceptors (Lipinski definition) is 5. The standard InChI is InChI=1S/C11H18N4O3/c1-7(2-3-8(16)17)4-5-13-10-9(12)11(18)15-6-14-10/h6-7H,2-5,12H2,1H3,(H,16,17)(H2,13,14,15,18). The van der Waals surface area contributed by atoms with Gasteiger partial charge < -0.3 is 21.1 Å². The molecule has 0 aliphatic rings. The summed E-state index contributed by atoms with van der Waals surface area (Å²) in [7, 11) is 0. The summed E-state index contributed by atoms with van der Waals surface area (Å²) < 4.78 is 0. The molecular formula is C11H18N4O3. The molecule has 0 amide bonds. The van der Waals surface area contributed by atoms with Gasteiger partial charge in [-0.05, 0) is 18.8 Å². The van der Waals surface area contributed by atoms with Crippen LogP contribution in [0.3, 0.4) is 0 Å². The summed E-state index contributed by atoms with van der Waals surface area (Å²) in [5, 5.41) is 11.5. The van der Waals surface area contributed by atoms with Gasteiger partial charge in [-0.1, -0.05) is 6.92 Å². The molecule has 0 aliphatic heterocycles. The van der Waals surface area contributed by atoms with E-state index in [-0.39, 0.29) is 23.6 Å². The van der Waals surface area contributed by atoms with Crippen molar-refractivity contribution in [1.82, 2.24) is 9.97 Å². The Balaban J connectivity index is 2.35. The SMILES string of the molecule is CC(CCNc1nc[nH]c(=O)c1N)CCC(=O)O. The molecule has 1 heterocycles. The predicted molar refractivity (Wildman–Crippen MR) is 68.4 cm³/mol. The second-order valence-electron chi connectivity index (χ2n) is 4.25. The summed E-state index contributed by atoms with van der Waals surface area (Å²) in [5.74, 6) is -0.128. The third kappa shape index (κ3) is 4.44. The summed E-state index contributed by atoms with van der Waals surface area (Å²) in [5.41, 5.74) is 5.25. The second-order valence-corrected chi connectivity index (χ2v) is 4.25. The fourth-order valence-electron chi connectivity index (χ4n) is 1.50. The first-order valence-electron chi connectivity index (χ1n) is 5.79. The Morgan fingerprint density at radius 3 is 3.00 bits per heavy atom. The van der Waals surface area contributed by atoms with E-state index in [0.29, 0.717) is 18.8 Å². The molecule has 0 spiro atoms. The lowest BCUT2D eigenvalue weighted by Gasteiger charge is -2.11. The molecule has 1 aromatic rings. The van der Waals surface area contributed by atoms with Crippen LogP contribution in [-0.4, -0.2) is 27.6 Å². The predicted octanol–water partition coefficient (Wildman–Crippen LogP) is 0.655. The lowest BCUT2D eigenvalue weighted by atomic mass is 10.0. The van der Waals surface area contributed by atoms with E-state index in [9.17, 15) is 9.59 Å². The molecule has 18 heavy (non-hydrogen) atoms. The molecule has 0 bridgehead atoms. The van der Waals surface area contributed by atoms with E-state index in [1.54, 1.807) is 0 Å². The fourth-order valence-corrected chi connectivity index (χ4v) is 1.50. The highest BCUT2D eigenvalue weighted by Gasteiger charge is 2.07. The summed E-state index contributed by atoms with van der Waals surface area (Å²) in [6.07, 6.45) is 2.89. The van der Waals surface area contributed by atoms with Crippen LogP contribution in [0, 0.1) is 5.92 Å². The van der Waals surface area contributed by atoms with Gasteiger partial charge in [-0.25, -0.2) is 4.98 Å². The summed E-state index contributed by atoms with van der Waals surface area (Å²) in [4.78, 5) is 27.9. The number of aromatic amines is 1. The van der Waals surface area contributed by atoms with Crippen LogP contribution < -0.4 is 16.6 Å². The van der Waals surface area contributed by atoms with Gasteiger partial charge in [0.1, 0.15) is 5.69 Å². The highest BCUT2D eigenvalue weighted by atomic mass is 16.4. The highest BCUT2D eigenvalue weighted by Crippen LogP contribution is 2.12. The molecule has 0 aliphatic carbocycles. The monoisotopic (exact) mass is 254 g/mol. The molecule has 1 atom stereocenters. The van der Waals surface area contributed by atoms with Gasteiger partial charge in [-0.2, -0.15) is 0 Å². The van der Waals surface area contributed by atoms with E-state index in [1.165, 1.54) is 6.33 Å². The third-order valence-corrected chi connectivity index (χ3v) is 2.67. The zero-order chi connectivity index (χ0) is 13.5. The molecule has 0 saturated carbocycles.